The topological polar surface area (TPSA) is 49.6 Å². The Kier molecular flexibility index (Phi) is 3.33. The van der Waals surface area contributed by atoms with Gasteiger partial charge in [0.2, 0.25) is 0 Å². The number of rotatable bonds is 1. The molecule has 0 unspecified atom stereocenters. The number of hydrogen-bond acceptors (Lipinski definition) is 3. The van der Waals surface area contributed by atoms with E-state index < -0.39 is 0 Å². The maximum absolute atomic E-state index is 12.3. The number of hydrogen-bond donors (Lipinski definition) is 1. The molecule has 4 heteroatoms. The Morgan fingerprint density at radius 1 is 1.24 bits per heavy atom. The fourth-order valence-corrected chi connectivity index (χ4v) is 2.04. The lowest BCUT2D eigenvalue weighted by Gasteiger charge is -2.32. The van der Waals surface area contributed by atoms with E-state index in [1.807, 2.05) is 24.0 Å². The number of benzene rings is 1. The average molecular weight is 233 g/mol. The molecule has 0 spiro atoms. The van der Waals surface area contributed by atoms with Crippen molar-refractivity contribution in [2.75, 3.05) is 39.0 Å². The molecule has 0 aliphatic carbocycles. The maximum atomic E-state index is 12.3. The van der Waals surface area contributed by atoms with E-state index in [9.17, 15) is 4.79 Å². The number of amides is 1. The standard InChI is InChI=1S/C13H19N3O/c1-10-3-4-12(14)11(9-10)13(17)16-7-5-15(2)6-8-16/h3-4,9H,5-8,14H2,1-2H3. The van der Waals surface area contributed by atoms with Gasteiger partial charge in [-0.1, -0.05) is 11.6 Å². The Balaban J connectivity index is 2.16. The number of likely N-dealkylation sites (N-methyl/N-ethyl adjacent to an activating group) is 1. The van der Waals surface area contributed by atoms with Crippen LogP contribution in [0.3, 0.4) is 0 Å². The number of nitrogens with zero attached hydrogens (tertiary/aromatic N) is 2. The Bertz CT molecular complexity index is 423. The van der Waals surface area contributed by atoms with Gasteiger partial charge in [-0.25, -0.2) is 0 Å². The molecule has 2 rings (SSSR count). The van der Waals surface area contributed by atoms with Gasteiger partial charge in [-0.2, -0.15) is 0 Å². The highest BCUT2D eigenvalue weighted by atomic mass is 16.2. The highest BCUT2D eigenvalue weighted by molar-refractivity contribution is 5.99. The van der Waals surface area contributed by atoms with Crippen LogP contribution in [0.1, 0.15) is 15.9 Å². The van der Waals surface area contributed by atoms with Crippen molar-refractivity contribution >= 4 is 11.6 Å². The van der Waals surface area contributed by atoms with Gasteiger partial charge in [0.25, 0.3) is 5.91 Å². The zero-order chi connectivity index (χ0) is 12.4. The lowest BCUT2D eigenvalue weighted by Crippen LogP contribution is -2.47. The second kappa shape index (κ2) is 4.75. The highest BCUT2D eigenvalue weighted by Gasteiger charge is 2.21. The fraction of sp³-hybridized carbons (Fsp3) is 0.462. The maximum Gasteiger partial charge on any atom is 0.256 e. The predicted octanol–water partition coefficient (Wildman–Crippen LogP) is 0.965. The van der Waals surface area contributed by atoms with Gasteiger partial charge in [0.1, 0.15) is 0 Å². The van der Waals surface area contributed by atoms with E-state index in [1.54, 1.807) is 6.07 Å². The van der Waals surface area contributed by atoms with Gasteiger partial charge in [0.05, 0.1) is 5.56 Å². The Morgan fingerprint density at radius 2 is 1.88 bits per heavy atom. The molecule has 1 heterocycles. The van der Waals surface area contributed by atoms with Crippen molar-refractivity contribution < 1.29 is 4.79 Å². The first kappa shape index (κ1) is 11.9. The zero-order valence-electron chi connectivity index (χ0n) is 10.4. The van der Waals surface area contributed by atoms with Gasteiger partial charge in [0, 0.05) is 31.9 Å². The lowest BCUT2D eigenvalue weighted by atomic mass is 10.1. The molecule has 4 nitrogen and oxygen atoms in total. The quantitative estimate of drug-likeness (QED) is 0.735. The van der Waals surface area contributed by atoms with Crippen LogP contribution in [0.5, 0.6) is 0 Å². The summed E-state index contributed by atoms with van der Waals surface area (Å²) in [4.78, 5) is 16.4. The lowest BCUT2D eigenvalue weighted by molar-refractivity contribution is 0.0665. The summed E-state index contributed by atoms with van der Waals surface area (Å²) in [5, 5.41) is 0. The van der Waals surface area contributed by atoms with Gasteiger partial charge < -0.3 is 15.5 Å². The number of nitrogen functional groups attached to an aromatic ring is 1. The van der Waals surface area contributed by atoms with Crippen LogP contribution >= 0.6 is 0 Å². The van der Waals surface area contributed by atoms with Crippen LogP contribution in [0.15, 0.2) is 18.2 Å². The molecule has 0 saturated carbocycles. The predicted molar refractivity (Wildman–Crippen MR) is 69.0 cm³/mol. The SMILES string of the molecule is Cc1ccc(N)c(C(=O)N2CCN(C)CC2)c1. The largest absolute Gasteiger partial charge is 0.398 e. The van der Waals surface area contributed by atoms with E-state index in [-0.39, 0.29) is 5.91 Å². The van der Waals surface area contributed by atoms with E-state index in [1.165, 1.54) is 0 Å². The number of nitrogens with two attached hydrogens (primary N) is 1. The molecule has 0 radical (unpaired) electrons. The smallest absolute Gasteiger partial charge is 0.256 e. The number of anilines is 1. The second-order valence-corrected chi connectivity index (χ2v) is 4.69. The first-order valence-electron chi connectivity index (χ1n) is 5.92. The van der Waals surface area contributed by atoms with E-state index in [2.05, 4.69) is 11.9 Å². The molecular formula is C13H19N3O. The van der Waals surface area contributed by atoms with Crippen LogP contribution in [0.25, 0.3) is 0 Å². The van der Waals surface area contributed by atoms with Crippen molar-refractivity contribution in [2.45, 2.75) is 6.92 Å². The Labute approximate surface area is 102 Å². The number of piperazine rings is 1. The van der Waals surface area contributed by atoms with Gasteiger partial charge in [-0.3, -0.25) is 4.79 Å². The van der Waals surface area contributed by atoms with Crippen molar-refractivity contribution in [3.63, 3.8) is 0 Å². The van der Waals surface area contributed by atoms with Crippen LogP contribution in [0.2, 0.25) is 0 Å². The number of carbonyl (C=O) groups is 1. The van der Waals surface area contributed by atoms with Gasteiger partial charge >= 0.3 is 0 Å². The van der Waals surface area contributed by atoms with Gasteiger partial charge in [0.15, 0.2) is 0 Å². The van der Waals surface area contributed by atoms with Crippen LogP contribution in [0, 0.1) is 6.92 Å². The summed E-state index contributed by atoms with van der Waals surface area (Å²) in [5.41, 5.74) is 8.14. The first-order valence-corrected chi connectivity index (χ1v) is 5.92. The van der Waals surface area contributed by atoms with E-state index >= 15 is 0 Å². The first-order chi connectivity index (χ1) is 8.08. The minimum atomic E-state index is 0.0549. The summed E-state index contributed by atoms with van der Waals surface area (Å²) in [7, 11) is 2.07. The summed E-state index contributed by atoms with van der Waals surface area (Å²) in [6.45, 7) is 5.39. The molecule has 92 valence electrons. The summed E-state index contributed by atoms with van der Waals surface area (Å²) < 4.78 is 0. The summed E-state index contributed by atoms with van der Waals surface area (Å²) in [6, 6.07) is 5.60. The molecule has 1 aliphatic heterocycles. The van der Waals surface area contributed by atoms with Crippen LogP contribution in [-0.4, -0.2) is 48.9 Å². The summed E-state index contributed by atoms with van der Waals surface area (Å²) in [6.07, 6.45) is 0. The third kappa shape index (κ3) is 2.58. The molecule has 1 amide bonds. The van der Waals surface area contributed by atoms with Gasteiger partial charge in [-0.15, -0.1) is 0 Å². The van der Waals surface area contributed by atoms with Crippen LogP contribution < -0.4 is 5.73 Å². The Morgan fingerprint density at radius 3 is 2.53 bits per heavy atom. The van der Waals surface area contributed by atoms with E-state index in [4.69, 9.17) is 5.73 Å². The van der Waals surface area contributed by atoms with Crippen molar-refractivity contribution in [1.82, 2.24) is 9.80 Å². The molecule has 1 aromatic carbocycles. The molecule has 1 fully saturated rings. The molecule has 2 N–H and O–H groups in total. The highest BCUT2D eigenvalue weighted by Crippen LogP contribution is 2.17. The Hall–Kier alpha value is -1.55. The van der Waals surface area contributed by atoms with Crippen molar-refractivity contribution in [3.8, 4) is 0 Å². The summed E-state index contributed by atoms with van der Waals surface area (Å²) in [5.74, 6) is 0.0549. The fourth-order valence-electron chi connectivity index (χ4n) is 2.04. The minimum Gasteiger partial charge on any atom is -0.398 e. The van der Waals surface area contributed by atoms with E-state index in [0.29, 0.717) is 11.3 Å². The number of aryl methyl sites for hydroxylation is 1. The van der Waals surface area contributed by atoms with E-state index in [0.717, 1.165) is 31.7 Å². The average Bonchev–Trinajstić information content (AvgIpc) is 2.32. The molecule has 0 aromatic heterocycles. The molecule has 0 bridgehead atoms. The minimum absolute atomic E-state index is 0.0549. The molecule has 0 atom stereocenters. The zero-order valence-corrected chi connectivity index (χ0v) is 10.4. The van der Waals surface area contributed by atoms with Gasteiger partial charge in [-0.05, 0) is 26.1 Å². The molecule has 1 aliphatic rings. The molecule has 1 aromatic rings. The second-order valence-electron chi connectivity index (χ2n) is 4.69. The molecule has 17 heavy (non-hydrogen) atoms. The third-order valence-electron chi connectivity index (χ3n) is 3.23. The van der Waals surface area contributed by atoms with Crippen LogP contribution in [-0.2, 0) is 0 Å². The normalized spacial score (nSPS) is 17.2. The summed E-state index contributed by atoms with van der Waals surface area (Å²) >= 11 is 0. The van der Waals surface area contributed by atoms with Crippen LogP contribution in [0.4, 0.5) is 5.69 Å². The van der Waals surface area contributed by atoms with Crippen molar-refractivity contribution in [2.24, 2.45) is 0 Å². The van der Waals surface area contributed by atoms with Crippen molar-refractivity contribution in [1.29, 1.82) is 0 Å². The third-order valence-corrected chi connectivity index (χ3v) is 3.23. The number of carbonyl (C=O) groups excluding carboxylic acids is 1. The van der Waals surface area contributed by atoms with Crippen molar-refractivity contribution in [3.05, 3.63) is 29.3 Å². The monoisotopic (exact) mass is 233 g/mol. The molecule has 1 saturated heterocycles. The molecular weight excluding hydrogens is 214 g/mol.